The molecule has 0 fully saturated rings. The molecule has 0 saturated carbocycles. The van der Waals surface area contributed by atoms with Crippen LogP contribution in [-0.2, 0) is 11.3 Å². The lowest BCUT2D eigenvalue weighted by Gasteiger charge is -2.16. The summed E-state index contributed by atoms with van der Waals surface area (Å²) >= 11 is 8.72. The van der Waals surface area contributed by atoms with Gasteiger partial charge in [-0.15, -0.1) is 21.5 Å². The normalized spacial score (nSPS) is 11.9. The Morgan fingerprint density at radius 1 is 1.26 bits per heavy atom. The molecule has 1 atom stereocenters. The highest BCUT2D eigenvalue weighted by Gasteiger charge is 2.20. The maximum Gasteiger partial charge on any atom is 0.236 e. The molecule has 1 amide bonds. The summed E-state index contributed by atoms with van der Waals surface area (Å²) in [7, 11) is 0. The van der Waals surface area contributed by atoms with Gasteiger partial charge in [0.1, 0.15) is 11.6 Å². The van der Waals surface area contributed by atoms with Crippen molar-refractivity contribution in [2.75, 3.05) is 11.1 Å². The van der Waals surface area contributed by atoms with Crippen LogP contribution >= 0.6 is 34.7 Å². The molecule has 0 aliphatic rings. The van der Waals surface area contributed by atoms with Crippen molar-refractivity contribution in [3.05, 3.63) is 70.6 Å². The fourth-order valence-electron chi connectivity index (χ4n) is 3.18. The zero-order valence-corrected chi connectivity index (χ0v) is 20.8. The lowest BCUT2D eigenvalue weighted by molar-refractivity contribution is -0.113. The van der Waals surface area contributed by atoms with Gasteiger partial charge in [-0.05, 0) is 32.0 Å². The Kier molecular flexibility index (Phi) is 7.81. The minimum absolute atomic E-state index is 0.150. The van der Waals surface area contributed by atoms with E-state index in [1.54, 1.807) is 0 Å². The molecule has 1 unspecified atom stereocenters. The summed E-state index contributed by atoms with van der Waals surface area (Å²) in [4.78, 5) is 17.0. The van der Waals surface area contributed by atoms with Crippen molar-refractivity contribution in [1.82, 2.24) is 19.7 Å². The van der Waals surface area contributed by atoms with E-state index >= 15 is 0 Å². The number of benzene rings is 2. The molecule has 11 heteroatoms. The summed E-state index contributed by atoms with van der Waals surface area (Å²) < 4.78 is 21.0. The van der Waals surface area contributed by atoms with Crippen molar-refractivity contribution < 1.29 is 13.9 Å². The molecule has 176 valence electrons. The van der Waals surface area contributed by atoms with Crippen LogP contribution in [0.4, 0.5) is 9.52 Å². The summed E-state index contributed by atoms with van der Waals surface area (Å²) in [5.74, 6) is 0.463. The number of nitrogens with one attached hydrogen (secondary N) is 1. The van der Waals surface area contributed by atoms with Gasteiger partial charge in [0.25, 0.3) is 0 Å². The summed E-state index contributed by atoms with van der Waals surface area (Å²) in [6.07, 6.45) is -0.481. The molecule has 4 rings (SSSR count). The molecule has 1 N–H and O–H groups in total. The highest BCUT2D eigenvalue weighted by Crippen LogP contribution is 2.30. The number of amides is 1. The van der Waals surface area contributed by atoms with E-state index in [1.807, 2.05) is 54.1 Å². The van der Waals surface area contributed by atoms with Gasteiger partial charge in [0.15, 0.2) is 22.2 Å². The van der Waals surface area contributed by atoms with Gasteiger partial charge >= 0.3 is 0 Å². The molecule has 2 heterocycles. The lowest BCUT2D eigenvalue weighted by atomic mass is 10.2. The van der Waals surface area contributed by atoms with Crippen LogP contribution in [0, 0.1) is 5.82 Å². The molecule has 4 aromatic rings. The molecule has 2 aromatic carbocycles. The number of aromatic nitrogens is 4. The fraction of sp³-hybridized carbons (Fsp3) is 0.217. The van der Waals surface area contributed by atoms with Gasteiger partial charge in [-0.3, -0.25) is 4.79 Å². The Morgan fingerprint density at radius 2 is 2.06 bits per heavy atom. The lowest BCUT2D eigenvalue weighted by Crippen LogP contribution is -2.15. The molecule has 2 aromatic heterocycles. The SMILES string of the molecule is CCn1c(SCC(=O)Nc2nc(-c3ccccc3)cs2)nnc1C(C)Oc1ccc(F)cc1Cl. The Labute approximate surface area is 209 Å². The second kappa shape index (κ2) is 11.0. The molecule has 0 aliphatic heterocycles. The van der Waals surface area contributed by atoms with Crippen molar-refractivity contribution in [2.24, 2.45) is 0 Å². The Bertz CT molecular complexity index is 1280. The summed E-state index contributed by atoms with van der Waals surface area (Å²) in [6, 6.07) is 13.7. The van der Waals surface area contributed by atoms with Crippen LogP contribution in [0.5, 0.6) is 5.75 Å². The van der Waals surface area contributed by atoms with Crippen LogP contribution in [0.1, 0.15) is 25.8 Å². The van der Waals surface area contributed by atoms with Gasteiger partial charge in [-0.2, -0.15) is 0 Å². The van der Waals surface area contributed by atoms with E-state index in [9.17, 15) is 9.18 Å². The maximum atomic E-state index is 13.3. The number of halogens is 2. The van der Waals surface area contributed by atoms with Crippen LogP contribution in [0.3, 0.4) is 0 Å². The summed E-state index contributed by atoms with van der Waals surface area (Å²) in [5, 5.41) is 14.5. The molecule has 34 heavy (non-hydrogen) atoms. The summed E-state index contributed by atoms with van der Waals surface area (Å²) in [5.41, 5.74) is 1.81. The molecule has 0 spiro atoms. The third-order valence-corrected chi connectivity index (χ3v) is 6.80. The predicted molar refractivity (Wildman–Crippen MR) is 133 cm³/mol. The maximum absolute atomic E-state index is 13.3. The Balaban J connectivity index is 1.37. The largest absolute Gasteiger partial charge is 0.481 e. The fourth-order valence-corrected chi connectivity index (χ4v) is 4.93. The average molecular weight is 518 g/mol. The number of rotatable bonds is 9. The average Bonchev–Trinajstić information content (AvgIpc) is 3.47. The van der Waals surface area contributed by atoms with Crippen molar-refractivity contribution in [3.8, 4) is 17.0 Å². The monoisotopic (exact) mass is 517 g/mol. The molecule has 7 nitrogen and oxygen atoms in total. The number of nitrogens with zero attached hydrogens (tertiary/aromatic N) is 4. The molecule has 0 aliphatic carbocycles. The van der Waals surface area contributed by atoms with Crippen LogP contribution in [0.25, 0.3) is 11.3 Å². The quantitative estimate of drug-likeness (QED) is 0.271. The molecular formula is C23H21ClFN5O2S2. The number of anilines is 1. The van der Waals surface area contributed by atoms with Crippen molar-refractivity contribution in [1.29, 1.82) is 0 Å². The Morgan fingerprint density at radius 3 is 2.79 bits per heavy atom. The smallest absolute Gasteiger partial charge is 0.236 e. The first-order valence-corrected chi connectivity index (χ1v) is 12.7. The number of thioether (sulfide) groups is 1. The number of carbonyl (C=O) groups excluding carboxylic acids is 1. The van der Waals surface area contributed by atoms with E-state index in [0.717, 1.165) is 11.3 Å². The summed E-state index contributed by atoms with van der Waals surface area (Å²) in [6.45, 7) is 4.35. The van der Waals surface area contributed by atoms with E-state index in [-0.39, 0.29) is 16.7 Å². The minimum Gasteiger partial charge on any atom is -0.481 e. The number of ether oxygens (including phenoxy) is 1. The zero-order valence-electron chi connectivity index (χ0n) is 18.4. The first-order chi connectivity index (χ1) is 16.4. The van der Waals surface area contributed by atoms with Gasteiger partial charge in [0.2, 0.25) is 5.91 Å². The first-order valence-electron chi connectivity index (χ1n) is 10.4. The number of hydrogen-bond acceptors (Lipinski definition) is 7. The standard InChI is InChI=1S/C23H21ClFN5O2S2/c1-3-30-21(14(2)32-19-10-9-16(25)11-17(19)24)28-29-23(30)34-13-20(31)27-22-26-18(12-33-22)15-7-5-4-6-8-15/h4-12,14H,3,13H2,1-2H3,(H,26,27,31). The van der Waals surface area contributed by atoms with Crippen molar-refractivity contribution >= 4 is 45.7 Å². The number of hydrogen-bond donors (Lipinski definition) is 1. The number of thiazole rings is 1. The van der Waals surface area contributed by atoms with E-state index in [0.29, 0.717) is 28.4 Å². The topological polar surface area (TPSA) is 81.9 Å². The van der Waals surface area contributed by atoms with E-state index < -0.39 is 11.9 Å². The van der Waals surface area contributed by atoms with Crippen LogP contribution in [-0.4, -0.2) is 31.4 Å². The molecule has 0 saturated heterocycles. The highest BCUT2D eigenvalue weighted by atomic mass is 35.5. The van der Waals surface area contributed by atoms with E-state index in [4.69, 9.17) is 16.3 Å². The second-order valence-corrected chi connectivity index (χ2v) is 9.37. The third kappa shape index (κ3) is 5.75. The first kappa shape index (κ1) is 24.2. The molecular weight excluding hydrogens is 497 g/mol. The van der Waals surface area contributed by atoms with Gasteiger partial charge in [-0.1, -0.05) is 53.7 Å². The highest BCUT2D eigenvalue weighted by molar-refractivity contribution is 7.99. The molecule has 0 bridgehead atoms. The predicted octanol–water partition coefficient (Wildman–Crippen LogP) is 6.08. The van der Waals surface area contributed by atoms with Crippen LogP contribution in [0.15, 0.2) is 59.1 Å². The zero-order chi connectivity index (χ0) is 24.1. The minimum atomic E-state index is -0.481. The van der Waals surface area contributed by atoms with Gasteiger partial charge in [0.05, 0.1) is 16.5 Å². The van der Waals surface area contributed by atoms with Crippen molar-refractivity contribution in [2.45, 2.75) is 31.7 Å². The van der Waals surface area contributed by atoms with Gasteiger partial charge < -0.3 is 14.6 Å². The van der Waals surface area contributed by atoms with Crippen molar-refractivity contribution in [3.63, 3.8) is 0 Å². The van der Waals surface area contributed by atoms with Gasteiger partial charge in [0, 0.05) is 17.5 Å². The van der Waals surface area contributed by atoms with E-state index in [1.165, 1.54) is 41.3 Å². The third-order valence-electron chi connectivity index (χ3n) is 4.78. The second-order valence-electron chi connectivity index (χ2n) is 7.16. The Hall–Kier alpha value is -2.95. The van der Waals surface area contributed by atoms with E-state index in [2.05, 4.69) is 20.5 Å². The molecule has 0 radical (unpaired) electrons. The van der Waals surface area contributed by atoms with Crippen LogP contribution in [0.2, 0.25) is 5.02 Å². The van der Waals surface area contributed by atoms with Gasteiger partial charge in [-0.25, -0.2) is 9.37 Å². The van der Waals surface area contributed by atoms with Crippen LogP contribution < -0.4 is 10.1 Å². The number of carbonyl (C=O) groups is 1.